The van der Waals surface area contributed by atoms with E-state index in [1.807, 2.05) is 42.5 Å². The number of nitrogens with zero attached hydrogens (tertiary/aromatic N) is 1. The second-order valence-electron chi connectivity index (χ2n) is 9.03. The molecule has 2 unspecified atom stereocenters. The lowest BCUT2D eigenvalue weighted by Crippen LogP contribution is -2.35. The normalized spacial score (nSPS) is 17.0. The van der Waals surface area contributed by atoms with Gasteiger partial charge in [-0.15, -0.1) is 11.3 Å². The molecular formula is C28H28FNO4S. The highest BCUT2D eigenvalue weighted by Gasteiger charge is 2.26. The van der Waals surface area contributed by atoms with Crippen molar-refractivity contribution in [3.8, 4) is 39.2 Å². The van der Waals surface area contributed by atoms with Crippen molar-refractivity contribution in [2.75, 3.05) is 26.4 Å². The minimum atomic E-state index is -0.251. The first-order chi connectivity index (χ1) is 17.0. The van der Waals surface area contributed by atoms with E-state index in [9.17, 15) is 14.6 Å². The van der Waals surface area contributed by atoms with Crippen molar-refractivity contribution in [1.29, 1.82) is 0 Å². The lowest BCUT2D eigenvalue weighted by atomic mass is 10.1. The van der Waals surface area contributed by atoms with Gasteiger partial charge in [0.05, 0.1) is 11.6 Å². The van der Waals surface area contributed by atoms with Crippen molar-refractivity contribution in [3.63, 3.8) is 0 Å². The molecule has 1 saturated heterocycles. The van der Waals surface area contributed by atoms with Crippen LogP contribution in [0.5, 0.6) is 28.7 Å². The van der Waals surface area contributed by atoms with Crippen LogP contribution in [0.2, 0.25) is 0 Å². The molecule has 4 aromatic rings. The number of hydrogen-bond donors (Lipinski definition) is 2. The number of thiophene rings is 1. The molecule has 0 radical (unpaired) electrons. The molecule has 0 amide bonds. The van der Waals surface area contributed by atoms with Crippen LogP contribution in [0.15, 0.2) is 66.7 Å². The van der Waals surface area contributed by atoms with E-state index in [2.05, 4.69) is 11.8 Å². The Morgan fingerprint density at radius 3 is 2.43 bits per heavy atom. The molecule has 2 atom stereocenters. The lowest BCUT2D eigenvalue weighted by Gasteiger charge is -2.24. The van der Waals surface area contributed by atoms with E-state index in [0.29, 0.717) is 18.1 Å². The Hall–Kier alpha value is -3.29. The SMILES string of the molecule is CC(COc1ccc(Oc2c(-c3ccc(O)cc3)sc3ccc(O)cc23)cc1)N1CCC(CF)C1. The molecule has 35 heavy (non-hydrogen) atoms. The summed E-state index contributed by atoms with van der Waals surface area (Å²) in [6.45, 7) is 4.11. The third kappa shape index (κ3) is 5.21. The van der Waals surface area contributed by atoms with Crippen molar-refractivity contribution in [2.45, 2.75) is 19.4 Å². The summed E-state index contributed by atoms with van der Waals surface area (Å²) < 4.78 is 26.2. The molecule has 1 aliphatic heterocycles. The number of rotatable bonds is 8. The number of halogens is 1. The van der Waals surface area contributed by atoms with Gasteiger partial charge in [0.1, 0.15) is 29.6 Å². The van der Waals surface area contributed by atoms with Gasteiger partial charge in [-0.25, -0.2) is 0 Å². The summed E-state index contributed by atoms with van der Waals surface area (Å²) in [5, 5.41) is 20.6. The smallest absolute Gasteiger partial charge is 0.153 e. The second-order valence-corrected chi connectivity index (χ2v) is 10.1. The van der Waals surface area contributed by atoms with E-state index in [1.54, 1.807) is 35.6 Å². The van der Waals surface area contributed by atoms with Crippen LogP contribution in [-0.2, 0) is 0 Å². The van der Waals surface area contributed by atoms with Crippen LogP contribution < -0.4 is 9.47 Å². The molecule has 2 heterocycles. The van der Waals surface area contributed by atoms with Gasteiger partial charge in [-0.1, -0.05) is 0 Å². The van der Waals surface area contributed by atoms with Gasteiger partial charge in [0, 0.05) is 28.6 Å². The number of hydrogen-bond acceptors (Lipinski definition) is 6. The van der Waals surface area contributed by atoms with Gasteiger partial charge in [-0.05, 0) is 92.2 Å². The number of alkyl halides is 1. The highest BCUT2D eigenvalue weighted by atomic mass is 32.1. The van der Waals surface area contributed by atoms with E-state index in [1.165, 1.54) is 0 Å². The van der Waals surface area contributed by atoms with Crippen molar-refractivity contribution in [3.05, 3.63) is 66.7 Å². The first-order valence-electron chi connectivity index (χ1n) is 11.8. The number of aromatic hydroxyl groups is 2. The Morgan fingerprint density at radius 2 is 1.71 bits per heavy atom. The molecule has 7 heteroatoms. The number of benzene rings is 3. The Balaban J connectivity index is 1.32. The topological polar surface area (TPSA) is 62.2 Å². The van der Waals surface area contributed by atoms with Crippen molar-refractivity contribution in [1.82, 2.24) is 4.90 Å². The monoisotopic (exact) mass is 493 g/mol. The molecule has 3 aromatic carbocycles. The van der Waals surface area contributed by atoms with Crippen LogP contribution in [0.25, 0.3) is 20.5 Å². The maximum absolute atomic E-state index is 12.9. The summed E-state index contributed by atoms with van der Waals surface area (Å²) in [5.74, 6) is 2.58. The van der Waals surface area contributed by atoms with Crippen molar-refractivity contribution >= 4 is 21.4 Å². The summed E-state index contributed by atoms with van der Waals surface area (Å²) in [6, 6.07) is 19.9. The van der Waals surface area contributed by atoms with Gasteiger partial charge in [0.25, 0.3) is 0 Å². The summed E-state index contributed by atoms with van der Waals surface area (Å²) in [7, 11) is 0. The molecule has 2 N–H and O–H groups in total. The Morgan fingerprint density at radius 1 is 1.00 bits per heavy atom. The molecule has 1 fully saturated rings. The van der Waals surface area contributed by atoms with Crippen LogP contribution >= 0.6 is 11.3 Å². The van der Waals surface area contributed by atoms with E-state index in [4.69, 9.17) is 9.47 Å². The average Bonchev–Trinajstić information content (AvgIpc) is 3.49. The van der Waals surface area contributed by atoms with Gasteiger partial charge in [-0.3, -0.25) is 9.29 Å². The molecule has 5 rings (SSSR count). The summed E-state index contributed by atoms with van der Waals surface area (Å²) in [6.07, 6.45) is 0.911. The number of phenols is 2. The zero-order valence-corrected chi connectivity index (χ0v) is 20.3. The predicted molar refractivity (Wildman–Crippen MR) is 138 cm³/mol. The van der Waals surface area contributed by atoms with Crippen molar-refractivity contribution < 1.29 is 24.1 Å². The first kappa shape index (κ1) is 23.5. The first-order valence-corrected chi connectivity index (χ1v) is 12.6. The lowest BCUT2D eigenvalue weighted by molar-refractivity contribution is 0.165. The molecule has 0 saturated carbocycles. The van der Waals surface area contributed by atoms with Crippen LogP contribution in [0.4, 0.5) is 4.39 Å². The molecule has 5 nitrogen and oxygen atoms in total. The zero-order chi connectivity index (χ0) is 24.4. The number of phenolic OH excluding ortho intramolecular Hbond substituents is 2. The molecule has 0 spiro atoms. The van der Waals surface area contributed by atoms with Crippen LogP contribution in [0.3, 0.4) is 0 Å². The number of fused-ring (bicyclic) bond motifs is 1. The van der Waals surface area contributed by atoms with Crippen LogP contribution in [0, 0.1) is 5.92 Å². The minimum absolute atomic E-state index is 0.149. The van der Waals surface area contributed by atoms with Crippen LogP contribution in [-0.4, -0.2) is 47.5 Å². The van der Waals surface area contributed by atoms with Gasteiger partial charge >= 0.3 is 0 Å². The van der Waals surface area contributed by atoms with Crippen LogP contribution in [0.1, 0.15) is 13.3 Å². The van der Waals surface area contributed by atoms with E-state index in [-0.39, 0.29) is 30.1 Å². The molecule has 0 aliphatic carbocycles. The predicted octanol–water partition coefficient (Wildman–Crippen LogP) is 6.83. The minimum Gasteiger partial charge on any atom is -0.508 e. The molecular weight excluding hydrogens is 465 g/mol. The van der Waals surface area contributed by atoms with Gasteiger partial charge in [0.2, 0.25) is 0 Å². The quantitative estimate of drug-likeness (QED) is 0.282. The van der Waals surface area contributed by atoms with Gasteiger partial charge in [0.15, 0.2) is 5.75 Å². The highest BCUT2D eigenvalue weighted by Crippen LogP contribution is 2.47. The standard InChI is InChI=1S/C28H28FNO4S/c1-18(30-13-12-19(15-29)16-30)17-33-23-7-9-24(10-8-23)34-27-25-14-22(32)6-11-26(25)35-28(27)20-2-4-21(31)5-3-20/h2-11,14,18-19,31-32H,12-13,15-17H2,1H3. The maximum atomic E-state index is 12.9. The van der Waals surface area contributed by atoms with E-state index >= 15 is 0 Å². The fourth-order valence-electron chi connectivity index (χ4n) is 4.40. The van der Waals surface area contributed by atoms with Gasteiger partial charge in [-0.2, -0.15) is 0 Å². The van der Waals surface area contributed by atoms with Crippen molar-refractivity contribution in [2.24, 2.45) is 5.92 Å². The average molecular weight is 494 g/mol. The number of ether oxygens (including phenoxy) is 2. The van der Waals surface area contributed by atoms with E-state index in [0.717, 1.165) is 45.8 Å². The third-order valence-electron chi connectivity index (χ3n) is 6.45. The molecule has 1 aliphatic rings. The fraction of sp³-hybridized carbons (Fsp3) is 0.286. The maximum Gasteiger partial charge on any atom is 0.153 e. The van der Waals surface area contributed by atoms with E-state index < -0.39 is 0 Å². The Kier molecular flexibility index (Phi) is 6.79. The Bertz CT molecular complexity index is 1290. The largest absolute Gasteiger partial charge is 0.508 e. The number of likely N-dealkylation sites (tertiary alicyclic amines) is 1. The molecule has 182 valence electrons. The summed E-state index contributed by atoms with van der Waals surface area (Å²) in [4.78, 5) is 3.20. The fourth-order valence-corrected chi connectivity index (χ4v) is 5.52. The zero-order valence-electron chi connectivity index (χ0n) is 19.5. The summed E-state index contributed by atoms with van der Waals surface area (Å²) in [5.41, 5.74) is 0.921. The second kappa shape index (κ2) is 10.1. The Labute approximate surface area is 208 Å². The molecule has 1 aromatic heterocycles. The van der Waals surface area contributed by atoms with Gasteiger partial charge < -0.3 is 19.7 Å². The summed E-state index contributed by atoms with van der Waals surface area (Å²) >= 11 is 1.57. The molecule has 0 bridgehead atoms. The third-order valence-corrected chi connectivity index (χ3v) is 7.65. The highest BCUT2D eigenvalue weighted by molar-refractivity contribution is 7.22.